The summed E-state index contributed by atoms with van der Waals surface area (Å²) in [4.78, 5) is 0.476. The van der Waals surface area contributed by atoms with Crippen LogP contribution < -0.4 is 5.73 Å². The fourth-order valence-corrected chi connectivity index (χ4v) is 3.75. The summed E-state index contributed by atoms with van der Waals surface area (Å²) in [6.45, 7) is 0. The molecular formula is C14H18N4O6S2. The van der Waals surface area contributed by atoms with E-state index in [9.17, 15) is 25.9 Å². The Kier molecular flexibility index (Phi) is 5.46. The van der Waals surface area contributed by atoms with Gasteiger partial charge in [-0.05, 0) is 38.4 Å². The first-order chi connectivity index (χ1) is 11.9. The molecule has 0 aliphatic heterocycles. The van der Waals surface area contributed by atoms with E-state index in [1.807, 2.05) is 0 Å². The first-order valence-electron chi connectivity index (χ1n) is 7.18. The van der Waals surface area contributed by atoms with Crippen LogP contribution >= 0.6 is 0 Å². The van der Waals surface area contributed by atoms with E-state index in [4.69, 9.17) is 5.73 Å². The number of hydrogen-bond acceptors (Lipinski definition) is 8. The van der Waals surface area contributed by atoms with Gasteiger partial charge >= 0.3 is 0 Å². The molecule has 142 valence electrons. The van der Waals surface area contributed by atoms with Gasteiger partial charge in [0.1, 0.15) is 27.2 Å². The van der Waals surface area contributed by atoms with Crippen molar-refractivity contribution in [3.05, 3.63) is 47.4 Å². The van der Waals surface area contributed by atoms with Gasteiger partial charge in [0.15, 0.2) is 0 Å². The zero-order valence-corrected chi connectivity index (χ0v) is 15.5. The van der Waals surface area contributed by atoms with Gasteiger partial charge in [-0.15, -0.1) is 0 Å². The number of nitrogens with zero attached hydrogens (tertiary/aromatic N) is 3. The Morgan fingerprint density at radius 2 is 1.73 bits per heavy atom. The van der Waals surface area contributed by atoms with Crippen molar-refractivity contribution >= 4 is 25.9 Å². The van der Waals surface area contributed by atoms with E-state index in [1.54, 1.807) is 14.1 Å². The van der Waals surface area contributed by atoms with Crippen LogP contribution in [0.25, 0.3) is 0 Å². The third kappa shape index (κ3) is 4.06. The Balaban J connectivity index is 2.59. The molecule has 2 atom stereocenters. The van der Waals surface area contributed by atoms with Gasteiger partial charge in [-0.3, -0.25) is 14.0 Å². The third-order valence-corrected chi connectivity index (χ3v) is 5.68. The number of likely N-dealkylation sites (N-methyl/N-ethyl adjacent to an activating group) is 1. The molecular weight excluding hydrogens is 384 g/mol. The molecule has 1 aliphatic rings. The highest BCUT2D eigenvalue weighted by Gasteiger charge is 2.43. The second-order valence-corrected chi connectivity index (χ2v) is 8.56. The lowest BCUT2D eigenvalue weighted by atomic mass is 9.95. The zero-order chi connectivity index (χ0) is 19.8. The predicted molar refractivity (Wildman–Crippen MR) is 93.9 cm³/mol. The number of nitrogens with two attached hydrogens (primary N) is 1. The smallest absolute Gasteiger partial charge is 0.296 e. The maximum absolute atomic E-state index is 11.7. The summed E-state index contributed by atoms with van der Waals surface area (Å²) in [6, 6.07) is 3.88. The Bertz CT molecular complexity index is 998. The van der Waals surface area contributed by atoms with Gasteiger partial charge in [0.05, 0.1) is 0 Å². The van der Waals surface area contributed by atoms with Crippen LogP contribution in [0.1, 0.15) is 0 Å². The monoisotopic (exact) mass is 402 g/mol. The molecule has 0 amide bonds. The number of benzene rings is 1. The van der Waals surface area contributed by atoms with E-state index in [2.05, 4.69) is 10.2 Å². The van der Waals surface area contributed by atoms with E-state index < -0.39 is 41.7 Å². The van der Waals surface area contributed by atoms with Gasteiger partial charge in [-0.1, -0.05) is 18.2 Å². The average Bonchev–Trinajstić information content (AvgIpc) is 2.51. The summed E-state index contributed by atoms with van der Waals surface area (Å²) in [5.41, 5.74) is 4.57. The molecule has 4 N–H and O–H groups in total. The number of allylic oxidation sites excluding steroid dienone is 2. The molecule has 1 aromatic carbocycles. The molecule has 0 saturated heterocycles. The summed E-state index contributed by atoms with van der Waals surface area (Å²) in [6.07, 6.45) is 3.96. The van der Waals surface area contributed by atoms with Gasteiger partial charge < -0.3 is 5.73 Å². The lowest BCUT2D eigenvalue weighted by molar-refractivity contribution is 0.189. The van der Waals surface area contributed by atoms with Crippen molar-refractivity contribution < 1.29 is 25.9 Å². The normalized spacial score (nSPS) is 24.2. The second-order valence-electron chi connectivity index (χ2n) is 5.75. The van der Waals surface area contributed by atoms with Crippen LogP contribution in [0, 0.1) is 0 Å². The van der Waals surface area contributed by atoms with Crippen molar-refractivity contribution in [1.82, 2.24) is 4.90 Å². The van der Waals surface area contributed by atoms with Crippen LogP contribution in [0.2, 0.25) is 0 Å². The fourth-order valence-electron chi connectivity index (χ4n) is 2.36. The van der Waals surface area contributed by atoms with Crippen molar-refractivity contribution in [2.45, 2.75) is 16.6 Å². The average molecular weight is 402 g/mol. The van der Waals surface area contributed by atoms with Crippen LogP contribution in [0.4, 0.5) is 5.69 Å². The molecule has 2 rings (SSSR count). The molecule has 12 heteroatoms. The van der Waals surface area contributed by atoms with E-state index in [0.717, 1.165) is 12.1 Å². The molecule has 0 bridgehead atoms. The maximum atomic E-state index is 11.7. The highest BCUT2D eigenvalue weighted by atomic mass is 32.2. The molecule has 26 heavy (non-hydrogen) atoms. The predicted octanol–water partition coefficient (Wildman–Crippen LogP) is 0.944. The second kappa shape index (κ2) is 6.98. The van der Waals surface area contributed by atoms with Gasteiger partial charge in [0.25, 0.3) is 20.2 Å². The minimum absolute atomic E-state index is 0.208. The maximum Gasteiger partial charge on any atom is 0.296 e. The summed E-state index contributed by atoms with van der Waals surface area (Å²) in [7, 11) is -6.06. The molecule has 0 spiro atoms. The topological polar surface area (TPSA) is 163 Å². The molecule has 0 heterocycles. The van der Waals surface area contributed by atoms with Crippen LogP contribution in [0.15, 0.2) is 62.5 Å². The van der Waals surface area contributed by atoms with Crippen molar-refractivity contribution in [2.75, 3.05) is 14.1 Å². The molecule has 10 nitrogen and oxygen atoms in total. The van der Waals surface area contributed by atoms with E-state index >= 15 is 0 Å². The first kappa shape index (κ1) is 20.4. The van der Waals surface area contributed by atoms with E-state index in [1.165, 1.54) is 35.3 Å². The highest BCUT2D eigenvalue weighted by Crippen LogP contribution is 2.32. The molecule has 0 radical (unpaired) electrons. The Labute approximate surface area is 151 Å². The van der Waals surface area contributed by atoms with Gasteiger partial charge in [-0.25, -0.2) is 0 Å². The van der Waals surface area contributed by atoms with E-state index in [0.29, 0.717) is 0 Å². The van der Waals surface area contributed by atoms with Gasteiger partial charge in [0.2, 0.25) is 0 Å². The molecule has 0 aromatic heterocycles. The third-order valence-electron chi connectivity index (χ3n) is 3.83. The fraction of sp³-hybridized carbons (Fsp3) is 0.286. The standard InChI is InChI=1S/C14H18N4O6S2/c1-18(2)14(15)9-5-8-12(26(22,23)24)13(14)17-16-10-6-3-4-7-11(10)25(19,20)21/h3-9,13H,15H2,1-2H3,(H,19,20,21)(H,22,23,24)/b17-16+. The lowest BCUT2D eigenvalue weighted by Crippen LogP contribution is -2.60. The van der Waals surface area contributed by atoms with Crippen molar-refractivity contribution in [1.29, 1.82) is 0 Å². The molecule has 2 unspecified atom stereocenters. The summed E-state index contributed by atoms with van der Waals surface area (Å²) < 4.78 is 65.0. The van der Waals surface area contributed by atoms with Gasteiger partial charge in [-0.2, -0.15) is 27.1 Å². The molecule has 1 aliphatic carbocycles. The number of hydrogen-bond donors (Lipinski definition) is 3. The van der Waals surface area contributed by atoms with Crippen LogP contribution in [0.5, 0.6) is 0 Å². The summed E-state index contributed by atoms with van der Waals surface area (Å²) >= 11 is 0. The summed E-state index contributed by atoms with van der Waals surface area (Å²) in [5.74, 6) is 0. The van der Waals surface area contributed by atoms with Crippen molar-refractivity contribution in [2.24, 2.45) is 16.0 Å². The number of rotatable bonds is 5. The molecule has 0 saturated carbocycles. The zero-order valence-electron chi connectivity index (χ0n) is 13.9. The lowest BCUT2D eigenvalue weighted by Gasteiger charge is -2.39. The Hall–Kier alpha value is -1.96. The van der Waals surface area contributed by atoms with Crippen LogP contribution in [0.3, 0.4) is 0 Å². The molecule has 0 fully saturated rings. The van der Waals surface area contributed by atoms with Gasteiger partial charge in [0, 0.05) is 0 Å². The summed E-state index contributed by atoms with van der Waals surface area (Å²) in [5, 5.41) is 7.64. The SMILES string of the molecule is CN(C)C1(N)C=CC=C(S(=O)(=O)O)C1/N=N/c1ccccc1S(=O)(=O)O. The van der Waals surface area contributed by atoms with E-state index in [-0.39, 0.29) is 5.69 Å². The highest BCUT2D eigenvalue weighted by molar-refractivity contribution is 7.89. The van der Waals surface area contributed by atoms with Crippen molar-refractivity contribution in [3.8, 4) is 0 Å². The Morgan fingerprint density at radius 3 is 2.27 bits per heavy atom. The molecule has 1 aromatic rings. The minimum atomic E-state index is -4.64. The minimum Gasteiger partial charge on any atom is -0.308 e. The Morgan fingerprint density at radius 1 is 1.12 bits per heavy atom. The van der Waals surface area contributed by atoms with Crippen molar-refractivity contribution in [3.63, 3.8) is 0 Å². The largest absolute Gasteiger partial charge is 0.308 e. The van der Waals surface area contributed by atoms with Crippen LogP contribution in [-0.2, 0) is 20.2 Å². The quantitative estimate of drug-likeness (QED) is 0.372. The van der Waals surface area contributed by atoms with Crippen LogP contribution in [-0.4, -0.2) is 56.6 Å². The number of azo groups is 1. The first-order valence-corrected chi connectivity index (χ1v) is 10.1.